The highest BCUT2D eigenvalue weighted by Crippen LogP contribution is 2.21. The maximum absolute atomic E-state index is 3.97. The molecule has 0 aliphatic carbocycles. The summed E-state index contributed by atoms with van der Waals surface area (Å²) in [5, 5.41) is 7.44. The zero-order valence-corrected chi connectivity index (χ0v) is 6.78. The number of aliphatic imine (C=N–C) groups is 1. The van der Waals surface area contributed by atoms with Crippen LogP contribution in [-0.2, 0) is 5.54 Å². The fraction of sp³-hybridized carbons (Fsp3) is 0.375. The molecule has 0 saturated carbocycles. The van der Waals surface area contributed by atoms with E-state index in [1.807, 2.05) is 19.9 Å². The molecule has 0 aromatic carbocycles. The van der Waals surface area contributed by atoms with E-state index in [0.717, 1.165) is 5.56 Å². The lowest BCUT2D eigenvalue weighted by Crippen LogP contribution is -2.13. The Hall–Kier alpha value is -1.25. The van der Waals surface area contributed by atoms with Crippen LogP contribution in [0.3, 0.4) is 0 Å². The van der Waals surface area contributed by atoms with Crippen LogP contribution in [0, 0.1) is 0 Å². The molecule has 0 atom stereocenters. The zero-order valence-electron chi connectivity index (χ0n) is 6.78. The quantitative estimate of drug-likeness (QED) is 0.596. The van der Waals surface area contributed by atoms with Crippen molar-refractivity contribution in [2.45, 2.75) is 19.4 Å². The highest BCUT2D eigenvalue weighted by Gasteiger charge is 2.16. The molecular formula is C8H11N3. The van der Waals surface area contributed by atoms with Gasteiger partial charge in [-0.1, -0.05) is 0 Å². The van der Waals surface area contributed by atoms with Crippen LogP contribution in [0.5, 0.6) is 0 Å². The molecule has 0 fully saturated rings. The van der Waals surface area contributed by atoms with Crippen LogP contribution in [0.4, 0.5) is 0 Å². The van der Waals surface area contributed by atoms with Crippen LogP contribution >= 0.6 is 0 Å². The molecule has 0 spiro atoms. The van der Waals surface area contributed by atoms with Crippen molar-refractivity contribution in [3.05, 3.63) is 24.0 Å². The van der Waals surface area contributed by atoms with Crippen molar-refractivity contribution in [3.63, 3.8) is 0 Å². The maximum Gasteiger partial charge on any atom is 0.0809 e. The smallest absolute Gasteiger partial charge is 0.0809 e. The first kappa shape index (κ1) is 7.85. The largest absolute Gasteiger partial charge is 0.290 e. The van der Waals surface area contributed by atoms with Gasteiger partial charge in [0.15, 0.2) is 0 Å². The first-order valence-electron chi connectivity index (χ1n) is 3.42. The van der Waals surface area contributed by atoms with Gasteiger partial charge in [-0.15, -0.1) is 0 Å². The molecule has 58 valence electrons. The number of aromatic nitrogens is 2. The van der Waals surface area contributed by atoms with Gasteiger partial charge in [0.2, 0.25) is 0 Å². The average molecular weight is 149 g/mol. The molecule has 0 unspecified atom stereocenters. The second-order valence-electron chi connectivity index (χ2n) is 2.85. The third-order valence-electron chi connectivity index (χ3n) is 1.69. The van der Waals surface area contributed by atoms with Gasteiger partial charge in [-0.05, 0) is 26.6 Å². The highest BCUT2D eigenvalue weighted by atomic mass is 15.1. The van der Waals surface area contributed by atoms with E-state index in [1.54, 1.807) is 12.4 Å². The minimum Gasteiger partial charge on any atom is -0.290 e. The first-order chi connectivity index (χ1) is 5.17. The van der Waals surface area contributed by atoms with Crippen molar-refractivity contribution >= 4 is 6.72 Å². The maximum atomic E-state index is 3.97. The minimum atomic E-state index is -0.254. The van der Waals surface area contributed by atoms with Crippen LogP contribution in [0.15, 0.2) is 23.5 Å². The first-order valence-corrected chi connectivity index (χ1v) is 3.42. The van der Waals surface area contributed by atoms with E-state index in [9.17, 15) is 0 Å². The minimum absolute atomic E-state index is 0.254. The Labute approximate surface area is 66.2 Å². The Bertz CT molecular complexity index is 241. The van der Waals surface area contributed by atoms with Gasteiger partial charge >= 0.3 is 0 Å². The summed E-state index contributed by atoms with van der Waals surface area (Å²) in [7, 11) is 0. The molecule has 1 aromatic heterocycles. The van der Waals surface area contributed by atoms with E-state index in [2.05, 4.69) is 21.9 Å². The Kier molecular flexibility index (Phi) is 1.98. The molecule has 3 nitrogen and oxygen atoms in total. The van der Waals surface area contributed by atoms with E-state index in [0.29, 0.717) is 0 Å². The molecule has 0 bridgehead atoms. The van der Waals surface area contributed by atoms with Gasteiger partial charge in [-0.3, -0.25) is 4.99 Å². The van der Waals surface area contributed by atoms with Crippen molar-refractivity contribution in [2.24, 2.45) is 4.99 Å². The molecular weight excluding hydrogens is 138 g/mol. The lowest BCUT2D eigenvalue weighted by Gasteiger charge is -2.17. The molecule has 1 aromatic rings. The Morgan fingerprint density at radius 3 is 2.64 bits per heavy atom. The van der Waals surface area contributed by atoms with Crippen molar-refractivity contribution in [3.8, 4) is 0 Å². The molecule has 0 amide bonds. The molecule has 0 aliphatic heterocycles. The molecule has 0 radical (unpaired) electrons. The van der Waals surface area contributed by atoms with Crippen LogP contribution in [0.1, 0.15) is 19.4 Å². The Morgan fingerprint density at radius 2 is 2.18 bits per heavy atom. The van der Waals surface area contributed by atoms with Crippen LogP contribution in [0.2, 0.25) is 0 Å². The SMILES string of the molecule is C=NC(C)(C)c1ccnnc1. The van der Waals surface area contributed by atoms with Gasteiger partial charge < -0.3 is 0 Å². The van der Waals surface area contributed by atoms with E-state index in [4.69, 9.17) is 0 Å². The summed E-state index contributed by atoms with van der Waals surface area (Å²) in [6.07, 6.45) is 3.36. The van der Waals surface area contributed by atoms with Crippen molar-refractivity contribution in [1.82, 2.24) is 10.2 Å². The normalized spacial score (nSPS) is 11.1. The second kappa shape index (κ2) is 2.78. The van der Waals surface area contributed by atoms with Crippen molar-refractivity contribution < 1.29 is 0 Å². The number of hydrogen-bond acceptors (Lipinski definition) is 3. The second-order valence-corrected chi connectivity index (χ2v) is 2.85. The van der Waals surface area contributed by atoms with Gasteiger partial charge in [0, 0.05) is 11.8 Å². The highest BCUT2D eigenvalue weighted by molar-refractivity contribution is 5.29. The van der Waals surface area contributed by atoms with E-state index < -0.39 is 0 Å². The fourth-order valence-corrected chi connectivity index (χ4v) is 0.744. The lowest BCUT2D eigenvalue weighted by molar-refractivity contribution is 0.558. The summed E-state index contributed by atoms with van der Waals surface area (Å²) in [5.41, 5.74) is 0.776. The predicted octanol–water partition coefficient (Wildman–Crippen LogP) is 1.41. The summed E-state index contributed by atoms with van der Waals surface area (Å²) in [6, 6.07) is 1.89. The molecule has 3 heteroatoms. The van der Waals surface area contributed by atoms with Gasteiger partial charge in [-0.25, -0.2) is 0 Å². The number of nitrogens with zero attached hydrogens (tertiary/aromatic N) is 3. The molecule has 11 heavy (non-hydrogen) atoms. The predicted molar refractivity (Wildman–Crippen MR) is 44.6 cm³/mol. The third-order valence-corrected chi connectivity index (χ3v) is 1.69. The van der Waals surface area contributed by atoms with Gasteiger partial charge in [0.05, 0.1) is 11.7 Å². The van der Waals surface area contributed by atoms with E-state index in [1.165, 1.54) is 0 Å². The van der Waals surface area contributed by atoms with E-state index >= 15 is 0 Å². The third kappa shape index (κ3) is 1.61. The Balaban J connectivity index is 3.02. The van der Waals surface area contributed by atoms with Gasteiger partial charge in [0.25, 0.3) is 0 Å². The zero-order chi connectivity index (χ0) is 8.32. The van der Waals surface area contributed by atoms with Crippen molar-refractivity contribution in [2.75, 3.05) is 0 Å². The average Bonchev–Trinajstić information content (AvgIpc) is 2.06. The van der Waals surface area contributed by atoms with Crippen LogP contribution < -0.4 is 0 Å². The number of hydrogen-bond donors (Lipinski definition) is 0. The van der Waals surface area contributed by atoms with Gasteiger partial charge in [-0.2, -0.15) is 10.2 Å². The topological polar surface area (TPSA) is 38.1 Å². The summed E-state index contributed by atoms with van der Waals surface area (Å²) >= 11 is 0. The molecule has 0 aliphatic rings. The lowest BCUT2D eigenvalue weighted by atomic mass is 9.98. The van der Waals surface area contributed by atoms with Crippen LogP contribution in [-0.4, -0.2) is 16.9 Å². The summed E-state index contributed by atoms with van der Waals surface area (Å²) in [4.78, 5) is 3.97. The summed E-state index contributed by atoms with van der Waals surface area (Å²) in [6.45, 7) is 7.48. The molecule has 0 saturated heterocycles. The number of rotatable bonds is 2. The molecule has 0 N–H and O–H groups in total. The fourth-order valence-electron chi connectivity index (χ4n) is 0.744. The molecule has 1 heterocycles. The summed E-state index contributed by atoms with van der Waals surface area (Å²) in [5.74, 6) is 0. The van der Waals surface area contributed by atoms with Gasteiger partial charge in [0.1, 0.15) is 0 Å². The monoisotopic (exact) mass is 149 g/mol. The summed E-state index contributed by atoms with van der Waals surface area (Å²) < 4.78 is 0. The van der Waals surface area contributed by atoms with E-state index in [-0.39, 0.29) is 5.54 Å². The Morgan fingerprint density at radius 1 is 1.45 bits per heavy atom. The molecule has 1 rings (SSSR count). The van der Waals surface area contributed by atoms with Crippen molar-refractivity contribution in [1.29, 1.82) is 0 Å². The van der Waals surface area contributed by atoms with Crippen LogP contribution in [0.25, 0.3) is 0 Å². The standard InChI is InChI=1S/C8H11N3/c1-8(2,9-3)7-4-5-10-11-6-7/h4-6H,3H2,1-2H3.